The van der Waals surface area contributed by atoms with Crippen molar-refractivity contribution in [3.63, 3.8) is 0 Å². The lowest BCUT2D eigenvalue weighted by Gasteiger charge is -2.41. The lowest BCUT2D eigenvalue weighted by Crippen LogP contribution is -2.54. The maximum Gasteiger partial charge on any atom is 0.230 e. The lowest BCUT2D eigenvalue weighted by molar-refractivity contribution is -0.154. The number of nitrogens with zero attached hydrogens (tertiary/aromatic N) is 1. The van der Waals surface area contributed by atoms with Gasteiger partial charge in [-0.05, 0) is 18.9 Å². The highest BCUT2D eigenvalue weighted by atomic mass is 19.1. The Morgan fingerprint density at radius 2 is 2.04 bits per heavy atom. The smallest absolute Gasteiger partial charge is 0.230 e. The maximum atomic E-state index is 14.0. The second kappa shape index (κ2) is 6.95. The molecule has 6 heteroatoms. The molecule has 23 heavy (non-hydrogen) atoms. The highest BCUT2D eigenvalue weighted by Gasteiger charge is 2.42. The van der Waals surface area contributed by atoms with Gasteiger partial charge in [-0.25, -0.2) is 4.39 Å². The largest absolute Gasteiger partial charge is 0.381 e. The molecule has 0 aromatic heterocycles. The number of benzene rings is 1. The Kier molecular flexibility index (Phi) is 4.94. The van der Waals surface area contributed by atoms with Crippen LogP contribution >= 0.6 is 0 Å². The fraction of sp³-hybridized carbons (Fsp3) is 0.588. The van der Waals surface area contributed by atoms with Crippen molar-refractivity contribution in [1.82, 2.24) is 4.90 Å². The maximum absolute atomic E-state index is 14.0. The zero-order valence-corrected chi connectivity index (χ0v) is 13.2. The van der Waals surface area contributed by atoms with E-state index in [1.54, 1.807) is 23.1 Å². The first-order valence-corrected chi connectivity index (χ1v) is 8.09. The van der Waals surface area contributed by atoms with Gasteiger partial charge in [-0.2, -0.15) is 0 Å². The van der Waals surface area contributed by atoms with Crippen LogP contribution in [-0.4, -0.2) is 50.3 Å². The Labute approximate surface area is 135 Å². The molecule has 0 bridgehead atoms. The first-order chi connectivity index (χ1) is 11.2. The summed E-state index contributed by atoms with van der Waals surface area (Å²) in [5.74, 6) is -0.251. The molecule has 1 unspecified atom stereocenters. The molecule has 2 fully saturated rings. The van der Waals surface area contributed by atoms with Crippen molar-refractivity contribution < 1.29 is 18.7 Å². The lowest BCUT2D eigenvalue weighted by atomic mass is 9.78. The Balaban J connectivity index is 1.75. The van der Waals surface area contributed by atoms with E-state index in [9.17, 15) is 9.18 Å². The van der Waals surface area contributed by atoms with Crippen LogP contribution in [0.3, 0.4) is 0 Å². The van der Waals surface area contributed by atoms with Gasteiger partial charge in [0.2, 0.25) is 5.91 Å². The summed E-state index contributed by atoms with van der Waals surface area (Å²) < 4.78 is 25.0. The summed E-state index contributed by atoms with van der Waals surface area (Å²) >= 11 is 0. The number of morpholine rings is 1. The molecular weight excluding hydrogens is 299 g/mol. The second-order valence-electron chi connectivity index (χ2n) is 6.23. The zero-order valence-electron chi connectivity index (χ0n) is 13.2. The fourth-order valence-electron chi connectivity index (χ4n) is 3.36. The summed E-state index contributed by atoms with van der Waals surface area (Å²) in [5, 5.41) is 0. The van der Waals surface area contributed by atoms with Gasteiger partial charge in [-0.15, -0.1) is 0 Å². The number of carbonyl (C=O) groups excluding carboxylic acids is 1. The first-order valence-electron chi connectivity index (χ1n) is 8.09. The van der Waals surface area contributed by atoms with Crippen molar-refractivity contribution in [1.29, 1.82) is 0 Å². The monoisotopic (exact) mass is 322 g/mol. The number of ether oxygens (including phenoxy) is 2. The molecule has 126 valence electrons. The quantitative estimate of drug-likeness (QED) is 0.915. The third kappa shape index (κ3) is 3.24. The van der Waals surface area contributed by atoms with Crippen molar-refractivity contribution in [3.05, 3.63) is 35.6 Å². The normalized spacial score (nSPS) is 24.4. The van der Waals surface area contributed by atoms with E-state index in [2.05, 4.69) is 0 Å². The van der Waals surface area contributed by atoms with Crippen LogP contribution in [0.5, 0.6) is 0 Å². The van der Waals surface area contributed by atoms with Gasteiger partial charge < -0.3 is 20.1 Å². The standard InChI is InChI=1S/C17H23FN2O3/c18-14-4-2-1-3-13(14)15-11-20(7-10-23-15)16(21)17(12-19)5-8-22-9-6-17/h1-4,15H,5-12,19H2. The molecule has 0 aliphatic carbocycles. The summed E-state index contributed by atoms with van der Waals surface area (Å²) in [6, 6.07) is 6.55. The minimum Gasteiger partial charge on any atom is -0.381 e. The third-order valence-corrected chi connectivity index (χ3v) is 4.90. The van der Waals surface area contributed by atoms with Crippen LogP contribution in [0.15, 0.2) is 24.3 Å². The van der Waals surface area contributed by atoms with Gasteiger partial charge in [0.15, 0.2) is 0 Å². The zero-order chi connectivity index (χ0) is 16.3. The Morgan fingerprint density at radius 3 is 2.74 bits per heavy atom. The highest BCUT2D eigenvalue weighted by Crippen LogP contribution is 2.34. The number of hydrogen-bond acceptors (Lipinski definition) is 4. The first kappa shape index (κ1) is 16.4. The van der Waals surface area contributed by atoms with Crippen molar-refractivity contribution in [2.24, 2.45) is 11.1 Å². The Hall–Kier alpha value is -1.50. The van der Waals surface area contributed by atoms with Gasteiger partial charge in [0.05, 0.1) is 18.6 Å². The molecule has 2 N–H and O–H groups in total. The van der Waals surface area contributed by atoms with E-state index in [0.717, 1.165) is 0 Å². The summed E-state index contributed by atoms with van der Waals surface area (Å²) in [6.45, 7) is 2.72. The van der Waals surface area contributed by atoms with E-state index in [1.807, 2.05) is 0 Å². The summed E-state index contributed by atoms with van der Waals surface area (Å²) in [5.41, 5.74) is 5.87. The van der Waals surface area contributed by atoms with Crippen molar-refractivity contribution in [3.8, 4) is 0 Å². The molecule has 2 aliphatic heterocycles. The molecule has 0 radical (unpaired) electrons. The molecular formula is C17H23FN2O3. The molecule has 0 spiro atoms. The van der Waals surface area contributed by atoms with Crippen LogP contribution in [0.1, 0.15) is 24.5 Å². The topological polar surface area (TPSA) is 64.8 Å². The number of nitrogens with two attached hydrogens (primary N) is 1. The molecule has 2 heterocycles. The molecule has 3 rings (SSSR count). The second-order valence-corrected chi connectivity index (χ2v) is 6.23. The van der Waals surface area contributed by atoms with Gasteiger partial charge in [0.25, 0.3) is 0 Å². The van der Waals surface area contributed by atoms with Crippen molar-refractivity contribution in [2.45, 2.75) is 18.9 Å². The van der Waals surface area contributed by atoms with E-state index in [-0.39, 0.29) is 11.7 Å². The summed E-state index contributed by atoms with van der Waals surface area (Å²) in [7, 11) is 0. The van der Waals surface area contributed by atoms with E-state index < -0.39 is 11.5 Å². The number of carbonyl (C=O) groups is 1. The predicted octanol–water partition coefficient (Wildman–Crippen LogP) is 1.48. The summed E-state index contributed by atoms with van der Waals surface area (Å²) in [4.78, 5) is 14.8. The average molecular weight is 322 g/mol. The highest BCUT2D eigenvalue weighted by molar-refractivity contribution is 5.83. The van der Waals surface area contributed by atoms with Gasteiger partial charge in [0.1, 0.15) is 11.9 Å². The Bertz CT molecular complexity index is 561. The van der Waals surface area contributed by atoms with Crippen LogP contribution in [-0.2, 0) is 14.3 Å². The van der Waals surface area contributed by atoms with Crippen LogP contribution < -0.4 is 5.73 Å². The van der Waals surface area contributed by atoms with Crippen LogP contribution in [0.4, 0.5) is 4.39 Å². The third-order valence-electron chi connectivity index (χ3n) is 4.90. The number of halogens is 1. The SMILES string of the molecule is NCC1(C(=O)N2CCOC(c3ccccc3F)C2)CCOCC1. The molecule has 2 saturated heterocycles. The van der Waals surface area contributed by atoms with Gasteiger partial charge in [-0.1, -0.05) is 18.2 Å². The van der Waals surface area contributed by atoms with E-state index >= 15 is 0 Å². The van der Waals surface area contributed by atoms with E-state index in [0.29, 0.717) is 57.9 Å². The predicted molar refractivity (Wildman–Crippen MR) is 83.2 cm³/mol. The van der Waals surface area contributed by atoms with Gasteiger partial charge in [-0.3, -0.25) is 4.79 Å². The van der Waals surface area contributed by atoms with Crippen molar-refractivity contribution in [2.75, 3.05) is 39.5 Å². The molecule has 2 aliphatic rings. The van der Waals surface area contributed by atoms with Crippen LogP contribution in [0.25, 0.3) is 0 Å². The summed E-state index contributed by atoms with van der Waals surface area (Å²) in [6.07, 6.45) is 0.859. The number of hydrogen-bond donors (Lipinski definition) is 1. The van der Waals surface area contributed by atoms with Crippen LogP contribution in [0.2, 0.25) is 0 Å². The van der Waals surface area contributed by atoms with E-state index in [4.69, 9.17) is 15.2 Å². The molecule has 1 aromatic carbocycles. The molecule has 1 amide bonds. The van der Waals surface area contributed by atoms with E-state index in [1.165, 1.54) is 6.07 Å². The number of rotatable bonds is 3. The molecule has 5 nitrogen and oxygen atoms in total. The average Bonchev–Trinajstić information content (AvgIpc) is 2.62. The fourth-order valence-corrected chi connectivity index (χ4v) is 3.36. The Morgan fingerprint density at radius 1 is 1.30 bits per heavy atom. The van der Waals surface area contributed by atoms with Crippen LogP contribution in [0, 0.1) is 11.2 Å². The molecule has 0 saturated carbocycles. The molecule has 1 aromatic rings. The van der Waals surface area contributed by atoms with Gasteiger partial charge >= 0.3 is 0 Å². The number of amides is 1. The minimum atomic E-state index is -0.546. The van der Waals surface area contributed by atoms with Gasteiger partial charge in [0, 0.05) is 31.9 Å². The van der Waals surface area contributed by atoms with Crippen molar-refractivity contribution >= 4 is 5.91 Å². The molecule has 1 atom stereocenters. The minimum absolute atomic E-state index is 0.0490.